The van der Waals surface area contributed by atoms with Crippen LogP contribution in [-0.2, 0) is 11.3 Å². The lowest BCUT2D eigenvalue weighted by molar-refractivity contribution is -0.185. The van der Waals surface area contributed by atoms with Crippen LogP contribution in [0.15, 0.2) is 22.7 Å². The minimum Gasteiger partial charge on any atom is -0.492 e. The van der Waals surface area contributed by atoms with Gasteiger partial charge in [0, 0.05) is 11.0 Å². The van der Waals surface area contributed by atoms with E-state index in [-0.39, 0.29) is 19.4 Å². The third-order valence-corrected chi connectivity index (χ3v) is 4.88. The Labute approximate surface area is 178 Å². The highest BCUT2D eigenvalue weighted by atomic mass is 79.9. The van der Waals surface area contributed by atoms with Crippen molar-refractivity contribution in [3.8, 4) is 5.75 Å². The molecule has 1 aliphatic heterocycles. The van der Waals surface area contributed by atoms with Crippen molar-refractivity contribution < 1.29 is 27.4 Å². The average molecular weight is 481 g/mol. The topological polar surface area (TPSA) is 50.8 Å². The molecule has 1 fully saturated rings. The molecule has 1 saturated heterocycles. The summed E-state index contributed by atoms with van der Waals surface area (Å²) >= 11 is 3.44. The first-order valence-corrected chi connectivity index (χ1v) is 10.4. The van der Waals surface area contributed by atoms with Gasteiger partial charge >= 0.3 is 12.3 Å². The van der Waals surface area contributed by atoms with Gasteiger partial charge in [0.2, 0.25) is 0 Å². The number of hydrogen-bond donors (Lipinski definition) is 1. The molecule has 1 aliphatic rings. The molecule has 1 N–H and O–H groups in total. The largest absolute Gasteiger partial charge is 0.492 e. The summed E-state index contributed by atoms with van der Waals surface area (Å²) in [6, 6.07) is 5.61. The van der Waals surface area contributed by atoms with Gasteiger partial charge in [-0.2, -0.15) is 13.2 Å². The summed E-state index contributed by atoms with van der Waals surface area (Å²) in [5, 5.41) is 2.62. The summed E-state index contributed by atoms with van der Waals surface area (Å²) in [5.74, 6) is -0.567. The summed E-state index contributed by atoms with van der Waals surface area (Å²) in [4.78, 5) is 13.6. The van der Waals surface area contributed by atoms with Gasteiger partial charge in [-0.25, -0.2) is 4.79 Å². The number of rotatable bonds is 6. The summed E-state index contributed by atoms with van der Waals surface area (Å²) < 4.78 is 50.1. The van der Waals surface area contributed by atoms with Gasteiger partial charge in [-0.05, 0) is 70.5 Å². The molecule has 5 nitrogen and oxygen atoms in total. The molecule has 2 rings (SSSR count). The van der Waals surface area contributed by atoms with Gasteiger partial charge in [0.15, 0.2) is 0 Å². The molecule has 164 valence electrons. The number of benzene rings is 1. The predicted molar refractivity (Wildman–Crippen MR) is 108 cm³/mol. The van der Waals surface area contributed by atoms with Gasteiger partial charge in [0.25, 0.3) is 0 Å². The monoisotopic (exact) mass is 480 g/mol. The Morgan fingerprint density at radius 3 is 2.45 bits per heavy atom. The lowest BCUT2D eigenvalue weighted by atomic mass is 9.96. The second kappa shape index (κ2) is 10.0. The molecule has 0 radical (unpaired) electrons. The van der Waals surface area contributed by atoms with Crippen LogP contribution < -0.4 is 10.1 Å². The molecule has 1 aromatic carbocycles. The molecular formula is C20H28BrF3N2O3. The first-order valence-electron chi connectivity index (χ1n) is 9.60. The smallest absolute Gasteiger partial charge is 0.407 e. The Balaban J connectivity index is 1.80. The number of nitrogens with zero attached hydrogens (tertiary/aromatic N) is 1. The molecule has 0 saturated carbocycles. The molecule has 0 unspecified atom stereocenters. The molecular weight excluding hydrogens is 453 g/mol. The highest BCUT2D eigenvalue weighted by molar-refractivity contribution is 9.10. The Morgan fingerprint density at radius 2 is 1.86 bits per heavy atom. The second-order valence-corrected chi connectivity index (χ2v) is 9.08. The number of alkyl carbamates (subject to hydrolysis) is 1. The molecule has 1 aromatic rings. The van der Waals surface area contributed by atoms with Crippen LogP contribution in [0.4, 0.5) is 18.0 Å². The van der Waals surface area contributed by atoms with Crippen LogP contribution in [0.5, 0.6) is 5.75 Å². The van der Waals surface area contributed by atoms with E-state index in [0.29, 0.717) is 31.9 Å². The minimum atomic E-state index is -4.10. The fourth-order valence-corrected chi connectivity index (χ4v) is 3.63. The highest BCUT2D eigenvalue weighted by Crippen LogP contribution is 2.34. The molecule has 9 heteroatoms. The van der Waals surface area contributed by atoms with E-state index in [1.54, 1.807) is 20.8 Å². The first kappa shape index (κ1) is 23.8. The third-order valence-electron chi connectivity index (χ3n) is 4.43. The van der Waals surface area contributed by atoms with Crippen molar-refractivity contribution in [2.24, 2.45) is 5.92 Å². The Bertz CT molecular complexity index is 685. The number of hydrogen-bond acceptors (Lipinski definition) is 4. The van der Waals surface area contributed by atoms with Crippen LogP contribution in [0, 0.1) is 5.92 Å². The molecule has 1 amide bonds. The zero-order valence-electron chi connectivity index (χ0n) is 16.9. The van der Waals surface area contributed by atoms with Crippen LogP contribution in [0.25, 0.3) is 0 Å². The molecule has 0 spiro atoms. The van der Waals surface area contributed by atoms with Crippen molar-refractivity contribution >= 4 is 22.0 Å². The van der Waals surface area contributed by atoms with Gasteiger partial charge in [0.1, 0.15) is 18.0 Å². The number of carbonyl (C=O) groups is 1. The highest BCUT2D eigenvalue weighted by Gasteiger charge is 2.40. The zero-order valence-corrected chi connectivity index (χ0v) is 18.5. The van der Waals surface area contributed by atoms with Crippen LogP contribution in [0.3, 0.4) is 0 Å². The number of alkyl halides is 3. The van der Waals surface area contributed by atoms with Crippen molar-refractivity contribution in [3.63, 3.8) is 0 Å². The van der Waals surface area contributed by atoms with Crippen molar-refractivity contribution in [1.29, 1.82) is 0 Å². The number of ether oxygens (including phenoxy) is 2. The number of amides is 1. The summed E-state index contributed by atoms with van der Waals surface area (Å²) in [6.45, 7) is 7.34. The third kappa shape index (κ3) is 8.82. The van der Waals surface area contributed by atoms with Crippen molar-refractivity contribution in [2.75, 3.05) is 26.2 Å². The molecule has 0 aliphatic carbocycles. The van der Waals surface area contributed by atoms with Crippen molar-refractivity contribution in [1.82, 2.24) is 10.2 Å². The molecule has 1 heterocycles. The van der Waals surface area contributed by atoms with Crippen LogP contribution in [0.2, 0.25) is 0 Å². The lowest BCUT2D eigenvalue weighted by Crippen LogP contribution is -2.38. The molecule has 29 heavy (non-hydrogen) atoms. The quantitative estimate of drug-likeness (QED) is 0.573. The number of likely N-dealkylation sites (tertiary alicyclic amines) is 1. The fraction of sp³-hybridized carbons (Fsp3) is 0.650. The van der Waals surface area contributed by atoms with E-state index < -0.39 is 23.8 Å². The number of carbonyl (C=O) groups excluding carboxylic acids is 1. The van der Waals surface area contributed by atoms with E-state index >= 15 is 0 Å². The summed E-state index contributed by atoms with van der Waals surface area (Å²) in [7, 11) is 0. The van der Waals surface area contributed by atoms with E-state index in [4.69, 9.17) is 9.47 Å². The van der Waals surface area contributed by atoms with E-state index in [2.05, 4.69) is 21.2 Å². The van der Waals surface area contributed by atoms with Crippen molar-refractivity contribution in [2.45, 2.75) is 51.9 Å². The summed E-state index contributed by atoms with van der Waals surface area (Å²) in [5.41, 5.74) is 0.401. The Kier molecular flexibility index (Phi) is 8.22. The Morgan fingerprint density at radius 1 is 1.21 bits per heavy atom. The van der Waals surface area contributed by atoms with E-state index in [1.807, 2.05) is 23.1 Å². The lowest BCUT2D eigenvalue weighted by Gasteiger charge is -2.32. The molecule has 0 aromatic heterocycles. The van der Waals surface area contributed by atoms with Crippen molar-refractivity contribution in [3.05, 3.63) is 28.2 Å². The van der Waals surface area contributed by atoms with E-state index in [0.717, 1.165) is 10.0 Å². The standard InChI is InChI=1S/C20H28BrF3N2O3/c1-19(2,3)29-18(27)25-6-9-28-17-11-14(10-16(21)12-17)13-26-7-4-15(5-8-26)20(22,23)24/h10-12,15H,4-9,13H2,1-3H3,(H,25,27). The maximum atomic E-state index is 12.8. The van der Waals surface area contributed by atoms with Crippen LogP contribution >= 0.6 is 15.9 Å². The number of halogens is 4. The SMILES string of the molecule is CC(C)(C)OC(=O)NCCOc1cc(Br)cc(CN2CCC(C(F)(F)F)CC2)c1. The first-order chi connectivity index (χ1) is 13.4. The van der Waals surface area contributed by atoms with E-state index in [9.17, 15) is 18.0 Å². The average Bonchev–Trinajstić information content (AvgIpc) is 2.56. The maximum Gasteiger partial charge on any atom is 0.407 e. The van der Waals surface area contributed by atoms with Gasteiger partial charge < -0.3 is 14.8 Å². The van der Waals surface area contributed by atoms with Crippen LogP contribution in [-0.4, -0.2) is 49.0 Å². The van der Waals surface area contributed by atoms with Gasteiger partial charge in [-0.3, -0.25) is 4.90 Å². The number of nitrogens with one attached hydrogen (secondary N) is 1. The maximum absolute atomic E-state index is 12.8. The zero-order chi connectivity index (χ0) is 21.7. The summed E-state index contributed by atoms with van der Waals surface area (Å²) in [6.07, 6.45) is -4.33. The predicted octanol–water partition coefficient (Wildman–Crippen LogP) is 5.13. The minimum absolute atomic E-state index is 0.136. The molecule has 0 bridgehead atoms. The van der Waals surface area contributed by atoms with E-state index in [1.165, 1.54) is 0 Å². The molecule has 0 atom stereocenters. The fourth-order valence-electron chi connectivity index (χ4n) is 3.11. The number of piperidine rings is 1. The Hall–Kier alpha value is -1.48. The normalized spacial score (nSPS) is 16.5. The van der Waals surface area contributed by atoms with Gasteiger partial charge in [-0.15, -0.1) is 0 Å². The van der Waals surface area contributed by atoms with Crippen LogP contribution in [0.1, 0.15) is 39.2 Å². The second-order valence-electron chi connectivity index (χ2n) is 8.16. The van der Waals surface area contributed by atoms with Gasteiger partial charge in [0.05, 0.1) is 12.5 Å². The van der Waals surface area contributed by atoms with Gasteiger partial charge in [-0.1, -0.05) is 15.9 Å².